The number of hydrazone groups is 1. The number of aromatic nitrogens is 2. The number of aromatic hydroxyl groups is 1. The van der Waals surface area contributed by atoms with Crippen molar-refractivity contribution in [2.24, 2.45) is 5.10 Å². The molecule has 3 aromatic rings. The maximum atomic E-state index is 12.3. The van der Waals surface area contributed by atoms with Gasteiger partial charge in [0.05, 0.1) is 16.5 Å². The average molecular weight is 327 g/mol. The van der Waals surface area contributed by atoms with E-state index in [4.69, 9.17) is 5.73 Å². The van der Waals surface area contributed by atoms with Gasteiger partial charge in [-0.05, 0) is 30.2 Å². The monoisotopic (exact) mass is 327 g/mol. The van der Waals surface area contributed by atoms with Crippen LogP contribution in [0, 0.1) is 6.92 Å². The van der Waals surface area contributed by atoms with E-state index in [2.05, 4.69) is 20.5 Å². The molecular weight excluding hydrogens is 314 g/mol. The third-order valence-corrected chi connectivity index (χ3v) is 4.41. The highest BCUT2D eigenvalue weighted by Crippen LogP contribution is 2.31. The van der Waals surface area contributed by atoms with Crippen molar-refractivity contribution < 1.29 is 9.90 Å². The van der Waals surface area contributed by atoms with E-state index < -0.39 is 0 Å². The zero-order chi connectivity index (χ0) is 16.4. The van der Waals surface area contributed by atoms with Gasteiger partial charge in [0.15, 0.2) is 0 Å². The maximum Gasteiger partial charge on any atom is 0.281 e. The Labute approximate surface area is 135 Å². The lowest BCUT2D eigenvalue weighted by Gasteiger charge is -1.99. The van der Waals surface area contributed by atoms with E-state index in [0.29, 0.717) is 26.5 Å². The number of nitrogens with one attached hydrogen (secondary N) is 1. The number of hydrogen-bond acceptors (Lipinski definition) is 7. The van der Waals surface area contributed by atoms with Crippen molar-refractivity contribution in [1.29, 1.82) is 0 Å². The summed E-state index contributed by atoms with van der Waals surface area (Å²) in [4.78, 5) is 21.5. The number of fused-ring (bicyclic) bond motifs is 1. The third kappa shape index (κ3) is 2.97. The standard InChI is InChI=1S/C15H13N5O2S/c1-8-11-13(16)17-7-18-15(11)23-12(8)14(22)20-19-6-9-3-2-4-10(21)5-9/h2-7,21H,1H3,(H,20,22)(H2,16,17,18)/b19-6-. The minimum atomic E-state index is -0.346. The molecule has 1 aromatic carbocycles. The Kier molecular flexibility index (Phi) is 3.90. The largest absolute Gasteiger partial charge is 0.508 e. The molecule has 0 aliphatic rings. The van der Waals surface area contributed by atoms with Crippen LogP contribution in [0.4, 0.5) is 5.82 Å². The van der Waals surface area contributed by atoms with Gasteiger partial charge in [-0.25, -0.2) is 15.4 Å². The number of amides is 1. The molecule has 2 heterocycles. The van der Waals surface area contributed by atoms with Crippen LogP contribution in [0.15, 0.2) is 35.7 Å². The summed E-state index contributed by atoms with van der Waals surface area (Å²) in [7, 11) is 0. The van der Waals surface area contributed by atoms with Crippen molar-refractivity contribution in [3.05, 3.63) is 46.6 Å². The number of anilines is 1. The third-order valence-electron chi connectivity index (χ3n) is 3.21. The normalized spacial score (nSPS) is 11.2. The highest BCUT2D eigenvalue weighted by molar-refractivity contribution is 7.20. The molecule has 0 saturated carbocycles. The summed E-state index contributed by atoms with van der Waals surface area (Å²) in [6.45, 7) is 1.80. The van der Waals surface area contributed by atoms with Crippen molar-refractivity contribution in [3.8, 4) is 5.75 Å². The Morgan fingerprint density at radius 1 is 1.43 bits per heavy atom. The summed E-state index contributed by atoms with van der Waals surface area (Å²) in [5.41, 5.74) is 9.69. The molecule has 23 heavy (non-hydrogen) atoms. The second-order valence-electron chi connectivity index (χ2n) is 4.79. The molecule has 8 heteroatoms. The SMILES string of the molecule is Cc1c(C(=O)N/N=C\c2cccc(O)c2)sc2ncnc(N)c12. The van der Waals surface area contributed by atoms with Crippen LogP contribution in [0.1, 0.15) is 20.8 Å². The number of carbonyl (C=O) groups is 1. The van der Waals surface area contributed by atoms with E-state index in [9.17, 15) is 9.90 Å². The molecule has 3 rings (SSSR count). The van der Waals surface area contributed by atoms with Gasteiger partial charge < -0.3 is 10.8 Å². The molecule has 0 fully saturated rings. The molecule has 0 radical (unpaired) electrons. The number of thiophene rings is 1. The molecule has 0 bridgehead atoms. The number of nitrogens with two attached hydrogens (primary N) is 1. The predicted molar refractivity (Wildman–Crippen MR) is 89.7 cm³/mol. The summed E-state index contributed by atoms with van der Waals surface area (Å²) in [5.74, 6) is 0.141. The summed E-state index contributed by atoms with van der Waals surface area (Å²) in [6.07, 6.45) is 2.82. The molecule has 7 nitrogen and oxygen atoms in total. The van der Waals surface area contributed by atoms with Gasteiger partial charge >= 0.3 is 0 Å². The van der Waals surface area contributed by atoms with Crippen LogP contribution >= 0.6 is 11.3 Å². The quantitative estimate of drug-likeness (QED) is 0.503. The van der Waals surface area contributed by atoms with Crippen molar-refractivity contribution >= 4 is 39.5 Å². The number of aryl methyl sites for hydroxylation is 1. The van der Waals surface area contributed by atoms with E-state index in [-0.39, 0.29) is 11.7 Å². The van der Waals surface area contributed by atoms with Crippen molar-refractivity contribution in [2.45, 2.75) is 6.92 Å². The fraction of sp³-hybridized carbons (Fsp3) is 0.0667. The average Bonchev–Trinajstić information content (AvgIpc) is 2.86. The van der Waals surface area contributed by atoms with Crippen LogP contribution in [0.3, 0.4) is 0 Å². The molecule has 0 aliphatic heterocycles. The number of nitrogens with zero attached hydrogens (tertiary/aromatic N) is 3. The van der Waals surface area contributed by atoms with Gasteiger partial charge in [0.1, 0.15) is 22.7 Å². The number of benzene rings is 1. The van der Waals surface area contributed by atoms with Crippen molar-refractivity contribution in [3.63, 3.8) is 0 Å². The molecule has 116 valence electrons. The predicted octanol–water partition coefficient (Wildman–Crippen LogP) is 2.05. The van der Waals surface area contributed by atoms with E-state index in [1.54, 1.807) is 25.1 Å². The molecule has 0 saturated heterocycles. The number of carbonyl (C=O) groups excluding carboxylic acids is 1. The number of phenolic OH excluding ortho intramolecular Hbond substituents is 1. The Balaban J connectivity index is 1.81. The molecule has 1 amide bonds. The number of hydrogen-bond donors (Lipinski definition) is 3. The minimum Gasteiger partial charge on any atom is -0.508 e. The molecule has 0 atom stereocenters. The first-order chi connectivity index (χ1) is 11.1. The molecule has 2 aromatic heterocycles. The van der Waals surface area contributed by atoms with E-state index >= 15 is 0 Å². The maximum absolute atomic E-state index is 12.3. The number of rotatable bonds is 3. The van der Waals surface area contributed by atoms with Crippen LogP contribution in [0.2, 0.25) is 0 Å². The first kappa shape index (κ1) is 14.9. The van der Waals surface area contributed by atoms with Gasteiger partial charge in [-0.3, -0.25) is 4.79 Å². The summed E-state index contributed by atoms with van der Waals surface area (Å²) >= 11 is 1.24. The van der Waals surface area contributed by atoms with Crippen molar-refractivity contribution in [1.82, 2.24) is 15.4 Å². The van der Waals surface area contributed by atoms with Crippen LogP contribution in [0.25, 0.3) is 10.2 Å². The van der Waals surface area contributed by atoms with Crippen LogP contribution < -0.4 is 11.2 Å². The van der Waals surface area contributed by atoms with Crippen LogP contribution in [-0.4, -0.2) is 27.2 Å². The zero-order valence-corrected chi connectivity index (χ0v) is 13.0. The van der Waals surface area contributed by atoms with E-state index in [1.807, 2.05) is 0 Å². The lowest BCUT2D eigenvalue weighted by Crippen LogP contribution is -2.17. The first-order valence-corrected chi connectivity index (χ1v) is 7.50. The highest BCUT2D eigenvalue weighted by atomic mass is 32.1. The zero-order valence-electron chi connectivity index (χ0n) is 12.1. The van der Waals surface area contributed by atoms with Crippen LogP contribution in [-0.2, 0) is 0 Å². The molecule has 4 N–H and O–H groups in total. The van der Waals surface area contributed by atoms with Crippen molar-refractivity contribution in [2.75, 3.05) is 5.73 Å². The van der Waals surface area contributed by atoms with Gasteiger partial charge in [0.25, 0.3) is 5.91 Å². The second kappa shape index (κ2) is 6.01. The molecule has 0 aliphatic carbocycles. The van der Waals surface area contributed by atoms with Crippen LogP contribution in [0.5, 0.6) is 5.75 Å². The fourth-order valence-corrected chi connectivity index (χ4v) is 3.18. The second-order valence-corrected chi connectivity index (χ2v) is 5.79. The molecule has 0 spiro atoms. The Morgan fingerprint density at radius 2 is 2.26 bits per heavy atom. The summed E-state index contributed by atoms with van der Waals surface area (Å²) in [6, 6.07) is 6.55. The minimum absolute atomic E-state index is 0.134. The van der Waals surface area contributed by atoms with Gasteiger partial charge in [-0.1, -0.05) is 12.1 Å². The molecule has 0 unspecified atom stereocenters. The van der Waals surface area contributed by atoms with E-state index in [1.165, 1.54) is 29.9 Å². The van der Waals surface area contributed by atoms with Gasteiger partial charge in [0, 0.05) is 0 Å². The fourth-order valence-electron chi connectivity index (χ4n) is 2.14. The van der Waals surface area contributed by atoms with E-state index in [0.717, 1.165) is 5.56 Å². The lowest BCUT2D eigenvalue weighted by atomic mass is 10.2. The summed E-state index contributed by atoms with van der Waals surface area (Å²) in [5, 5.41) is 14.0. The van der Waals surface area contributed by atoms with Gasteiger partial charge in [-0.15, -0.1) is 11.3 Å². The number of nitrogen functional groups attached to an aromatic ring is 1. The lowest BCUT2D eigenvalue weighted by molar-refractivity contribution is 0.0958. The Morgan fingerprint density at radius 3 is 3.00 bits per heavy atom. The Bertz CT molecular complexity index is 919. The topological polar surface area (TPSA) is 113 Å². The highest BCUT2D eigenvalue weighted by Gasteiger charge is 2.17. The summed E-state index contributed by atoms with van der Waals surface area (Å²) < 4.78 is 0. The smallest absolute Gasteiger partial charge is 0.281 e. The Hall–Kier alpha value is -3.00. The van der Waals surface area contributed by atoms with Gasteiger partial charge in [-0.2, -0.15) is 5.10 Å². The molecular formula is C15H13N5O2S. The first-order valence-electron chi connectivity index (χ1n) is 6.68. The number of phenols is 1. The van der Waals surface area contributed by atoms with Gasteiger partial charge in [0.2, 0.25) is 0 Å².